The molecule has 0 aromatic carbocycles. The molecule has 0 aromatic heterocycles. The van der Waals surface area contributed by atoms with Gasteiger partial charge in [0.2, 0.25) is 0 Å². The fourth-order valence-corrected chi connectivity index (χ4v) is 2.55. The predicted octanol–water partition coefficient (Wildman–Crippen LogP) is 2.35. The number of nitrogens with one attached hydrogen (secondary N) is 1. The molecule has 1 fully saturated rings. The van der Waals surface area contributed by atoms with Crippen LogP contribution in [-0.2, 0) is 9.47 Å². The largest absolute Gasteiger partial charge is 0.385 e. The van der Waals surface area contributed by atoms with Crippen molar-refractivity contribution in [1.82, 2.24) is 5.32 Å². The first-order valence-corrected chi connectivity index (χ1v) is 6.54. The van der Waals surface area contributed by atoms with Crippen molar-refractivity contribution in [2.75, 3.05) is 27.4 Å². The van der Waals surface area contributed by atoms with Crippen LogP contribution in [-0.4, -0.2) is 39.0 Å². The maximum absolute atomic E-state index is 5.69. The Morgan fingerprint density at radius 3 is 2.50 bits per heavy atom. The third-order valence-electron chi connectivity index (χ3n) is 3.71. The fourth-order valence-electron chi connectivity index (χ4n) is 2.55. The minimum atomic E-state index is 0.180. The molecule has 16 heavy (non-hydrogen) atoms. The van der Waals surface area contributed by atoms with Crippen molar-refractivity contribution in [3.8, 4) is 0 Å². The van der Waals surface area contributed by atoms with E-state index in [4.69, 9.17) is 9.47 Å². The van der Waals surface area contributed by atoms with Crippen molar-refractivity contribution in [3.63, 3.8) is 0 Å². The molecule has 1 saturated carbocycles. The summed E-state index contributed by atoms with van der Waals surface area (Å²) in [7, 11) is 3.63. The summed E-state index contributed by atoms with van der Waals surface area (Å²) in [4.78, 5) is 0. The Morgan fingerprint density at radius 2 is 2.06 bits per heavy atom. The second kappa shape index (κ2) is 7.25. The highest BCUT2D eigenvalue weighted by molar-refractivity contribution is 4.93. The maximum Gasteiger partial charge on any atom is 0.0693 e. The lowest BCUT2D eigenvalue weighted by molar-refractivity contribution is -0.0840. The fraction of sp³-hybridized carbons (Fsp3) is 1.00. The number of hydrogen-bond acceptors (Lipinski definition) is 3. The summed E-state index contributed by atoms with van der Waals surface area (Å²) >= 11 is 0. The van der Waals surface area contributed by atoms with Gasteiger partial charge in [0.25, 0.3) is 0 Å². The Balaban J connectivity index is 2.31. The lowest BCUT2D eigenvalue weighted by Gasteiger charge is -2.43. The molecule has 0 radical (unpaired) electrons. The van der Waals surface area contributed by atoms with Gasteiger partial charge in [0.1, 0.15) is 0 Å². The van der Waals surface area contributed by atoms with Crippen LogP contribution in [0.1, 0.15) is 45.4 Å². The Hall–Kier alpha value is -0.120. The molecule has 3 nitrogen and oxygen atoms in total. The highest BCUT2D eigenvalue weighted by atomic mass is 16.5. The molecule has 1 aliphatic carbocycles. The topological polar surface area (TPSA) is 30.5 Å². The van der Waals surface area contributed by atoms with E-state index in [1.165, 1.54) is 25.7 Å². The van der Waals surface area contributed by atoms with Gasteiger partial charge in [0.05, 0.1) is 5.60 Å². The quantitative estimate of drug-likeness (QED) is 0.616. The molecular weight excluding hydrogens is 202 g/mol. The van der Waals surface area contributed by atoms with Gasteiger partial charge in [-0.05, 0) is 45.1 Å². The van der Waals surface area contributed by atoms with Gasteiger partial charge in [-0.25, -0.2) is 0 Å². The van der Waals surface area contributed by atoms with Crippen LogP contribution in [0.5, 0.6) is 0 Å². The molecule has 1 aliphatic rings. The van der Waals surface area contributed by atoms with Crippen LogP contribution >= 0.6 is 0 Å². The molecule has 96 valence electrons. The molecule has 0 aliphatic heterocycles. The van der Waals surface area contributed by atoms with E-state index in [-0.39, 0.29) is 5.60 Å². The van der Waals surface area contributed by atoms with Gasteiger partial charge < -0.3 is 14.8 Å². The number of rotatable bonds is 9. The minimum Gasteiger partial charge on any atom is -0.385 e. The maximum atomic E-state index is 5.69. The third-order valence-corrected chi connectivity index (χ3v) is 3.71. The van der Waals surface area contributed by atoms with Crippen LogP contribution < -0.4 is 5.32 Å². The summed E-state index contributed by atoms with van der Waals surface area (Å²) in [6.07, 6.45) is 7.26. The van der Waals surface area contributed by atoms with Gasteiger partial charge in [-0.15, -0.1) is 0 Å². The van der Waals surface area contributed by atoms with E-state index in [1.54, 1.807) is 7.11 Å². The molecule has 3 heteroatoms. The molecular formula is C13H27NO2. The number of ether oxygens (including phenoxy) is 2. The van der Waals surface area contributed by atoms with E-state index in [0.29, 0.717) is 6.04 Å². The molecule has 0 saturated heterocycles. The van der Waals surface area contributed by atoms with Crippen molar-refractivity contribution < 1.29 is 9.47 Å². The average molecular weight is 229 g/mol. The first kappa shape index (κ1) is 13.9. The summed E-state index contributed by atoms with van der Waals surface area (Å²) < 4.78 is 10.8. The van der Waals surface area contributed by atoms with Crippen LogP contribution in [0.3, 0.4) is 0 Å². The summed E-state index contributed by atoms with van der Waals surface area (Å²) in [6.45, 7) is 4.07. The summed E-state index contributed by atoms with van der Waals surface area (Å²) in [6, 6.07) is 0.584. The molecule has 0 heterocycles. The van der Waals surface area contributed by atoms with Crippen molar-refractivity contribution in [2.45, 2.75) is 57.1 Å². The smallest absolute Gasteiger partial charge is 0.0693 e. The van der Waals surface area contributed by atoms with Gasteiger partial charge in [0.15, 0.2) is 0 Å². The van der Waals surface area contributed by atoms with Crippen molar-refractivity contribution in [1.29, 1.82) is 0 Å². The minimum absolute atomic E-state index is 0.180. The Morgan fingerprint density at radius 1 is 1.31 bits per heavy atom. The van der Waals surface area contributed by atoms with Crippen LogP contribution in [0.2, 0.25) is 0 Å². The number of hydrogen-bond donors (Lipinski definition) is 1. The Kier molecular flexibility index (Phi) is 6.32. The molecule has 0 spiro atoms. The van der Waals surface area contributed by atoms with Gasteiger partial charge >= 0.3 is 0 Å². The lowest BCUT2D eigenvalue weighted by atomic mass is 9.75. The molecule has 0 bridgehead atoms. The molecule has 0 amide bonds. The van der Waals surface area contributed by atoms with Crippen LogP contribution in [0, 0.1) is 0 Å². The van der Waals surface area contributed by atoms with Crippen LogP contribution in [0.25, 0.3) is 0 Å². The first-order chi connectivity index (χ1) is 7.76. The third kappa shape index (κ3) is 4.04. The van der Waals surface area contributed by atoms with E-state index in [1.807, 2.05) is 7.11 Å². The second-order valence-electron chi connectivity index (χ2n) is 4.83. The van der Waals surface area contributed by atoms with E-state index in [2.05, 4.69) is 12.2 Å². The normalized spacial score (nSPS) is 20.4. The number of methoxy groups -OCH3 is 2. The van der Waals surface area contributed by atoms with E-state index < -0.39 is 0 Å². The highest BCUT2D eigenvalue weighted by Crippen LogP contribution is 2.39. The van der Waals surface area contributed by atoms with E-state index >= 15 is 0 Å². The zero-order valence-electron chi connectivity index (χ0n) is 11.1. The summed E-state index contributed by atoms with van der Waals surface area (Å²) in [5.74, 6) is 0. The van der Waals surface area contributed by atoms with Crippen molar-refractivity contribution >= 4 is 0 Å². The average Bonchev–Trinajstić information content (AvgIpc) is 2.23. The standard InChI is InChI=1S/C13H27NO2/c1-4-14-12(7-5-10-15-2)11-13(16-3)8-6-9-13/h12,14H,4-11H2,1-3H3. The lowest BCUT2D eigenvalue weighted by Crippen LogP contribution is -2.46. The molecule has 1 N–H and O–H groups in total. The monoisotopic (exact) mass is 229 g/mol. The SMILES string of the molecule is CCNC(CCCOC)CC1(OC)CCC1. The van der Waals surface area contributed by atoms with Crippen molar-refractivity contribution in [2.24, 2.45) is 0 Å². The first-order valence-electron chi connectivity index (χ1n) is 6.54. The molecule has 1 atom stereocenters. The van der Waals surface area contributed by atoms with Gasteiger partial charge in [-0.2, -0.15) is 0 Å². The summed E-state index contributed by atoms with van der Waals surface area (Å²) in [5, 5.41) is 3.56. The Bertz CT molecular complexity index is 175. The zero-order valence-corrected chi connectivity index (χ0v) is 11.1. The highest BCUT2D eigenvalue weighted by Gasteiger charge is 2.38. The van der Waals surface area contributed by atoms with Crippen LogP contribution in [0.4, 0.5) is 0 Å². The van der Waals surface area contributed by atoms with Gasteiger partial charge in [-0.3, -0.25) is 0 Å². The molecule has 0 aromatic rings. The van der Waals surface area contributed by atoms with E-state index in [9.17, 15) is 0 Å². The Labute approximate surface area is 99.9 Å². The summed E-state index contributed by atoms with van der Waals surface area (Å²) in [5.41, 5.74) is 0.180. The van der Waals surface area contributed by atoms with Gasteiger partial charge in [-0.1, -0.05) is 6.92 Å². The molecule has 1 unspecified atom stereocenters. The van der Waals surface area contributed by atoms with Crippen LogP contribution in [0.15, 0.2) is 0 Å². The van der Waals surface area contributed by atoms with Crippen molar-refractivity contribution in [3.05, 3.63) is 0 Å². The van der Waals surface area contributed by atoms with E-state index in [0.717, 1.165) is 26.0 Å². The predicted molar refractivity (Wildman–Crippen MR) is 66.8 cm³/mol. The van der Waals surface area contributed by atoms with Gasteiger partial charge in [0, 0.05) is 26.9 Å². The second-order valence-corrected chi connectivity index (χ2v) is 4.83. The molecule has 1 rings (SSSR count). The zero-order chi connectivity index (χ0) is 11.9.